The number of anilines is 3. The van der Waals surface area contributed by atoms with Gasteiger partial charge in [0.05, 0.1) is 34.6 Å². The summed E-state index contributed by atoms with van der Waals surface area (Å²) >= 11 is 0. The number of piperidine rings is 2. The van der Waals surface area contributed by atoms with Crippen molar-refractivity contribution in [3.05, 3.63) is 89.0 Å². The van der Waals surface area contributed by atoms with Gasteiger partial charge in [0.2, 0.25) is 0 Å². The van der Waals surface area contributed by atoms with Crippen LogP contribution in [0, 0.1) is 34.3 Å². The molecule has 1 amide bonds. The second-order valence-electron chi connectivity index (χ2n) is 13.7. The first-order chi connectivity index (χ1) is 23.4. The molecule has 260 valence electrons. The van der Waals surface area contributed by atoms with E-state index < -0.39 is 0 Å². The Hall–Kier alpha value is -4.51. The summed E-state index contributed by atoms with van der Waals surface area (Å²) in [6, 6.07) is 21.1. The lowest BCUT2D eigenvalue weighted by Gasteiger charge is -2.39. The van der Waals surface area contributed by atoms with Crippen LogP contribution >= 0.6 is 0 Å². The first kappa shape index (κ1) is 37.3. The van der Waals surface area contributed by atoms with Crippen molar-refractivity contribution in [2.75, 3.05) is 50.5 Å². The Morgan fingerprint density at radius 2 is 1.29 bits per heavy atom. The minimum atomic E-state index is -0.353. The lowest BCUT2D eigenvalue weighted by molar-refractivity contribution is 0.0643. The second kappa shape index (κ2) is 17.2. The highest BCUT2D eigenvalue weighted by Crippen LogP contribution is 2.35. The van der Waals surface area contributed by atoms with Crippen LogP contribution < -0.4 is 10.2 Å². The van der Waals surface area contributed by atoms with Crippen LogP contribution in [0.2, 0.25) is 0 Å². The van der Waals surface area contributed by atoms with Crippen molar-refractivity contribution in [2.24, 2.45) is 0 Å². The quantitative estimate of drug-likeness (QED) is 0.268. The molecular weight excluding hydrogens is 620 g/mol. The van der Waals surface area contributed by atoms with Crippen LogP contribution in [0.5, 0.6) is 0 Å². The van der Waals surface area contributed by atoms with E-state index in [2.05, 4.69) is 35.3 Å². The molecule has 2 fully saturated rings. The molecule has 10 heteroatoms. The van der Waals surface area contributed by atoms with Crippen LogP contribution in [0.3, 0.4) is 0 Å². The van der Waals surface area contributed by atoms with Gasteiger partial charge in [0.15, 0.2) is 0 Å². The maximum Gasteiger partial charge on any atom is 0.254 e. The van der Waals surface area contributed by atoms with E-state index in [1.807, 2.05) is 67.8 Å². The van der Waals surface area contributed by atoms with Crippen molar-refractivity contribution in [1.82, 2.24) is 14.7 Å². The molecule has 0 bridgehead atoms. The summed E-state index contributed by atoms with van der Waals surface area (Å²) in [5, 5.41) is 21.3. The Labute approximate surface area is 290 Å². The van der Waals surface area contributed by atoms with E-state index in [0.717, 1.165) is 57.5 Å². The van der Waals surface area contributed by atoms with E-state index in [0.29, 0.717) is 34.1 Å². The highest BCUT2D eigenvalue weighted by atomic mass is 19.1. The van der Waals surface area contributed by atoms with Crippen LogP contribution in [0.4, 0.5) is 25.8 Å². The summed E-state index contributed by atoms with van der Waals surface area (Å²) < 4.78 is 28.5. The van der Waals surface area contributed by atoms with Gasteiger partial charge in [-0.05, 0) is 154 Å². The van der Waals surface area contributed by atoms with Crippen molar-refractivity contribution >= 4 is 23.0 Å². The molecule has 0 saturated carbocycles. The number of hydrogen-bond acceptors (Lipinski definition) is 7. The molecule has 2 aliphatic heterocycles. The first-order valence-electron chi connectivity index (χ1n) is 17.2. The normalized spacial score (nSPS) is 16.0. The van der Waals surface area contributed by atoms with Gasteiger partial charge in [0.1, 0.15) is 11.6 Å². The summed E-state index contributed by atoms with van der Waals surface area (Å²) in [6.07, 6.45) is 3.79. The molecule has 2 heterocycles. The van der Waals surface area contributed by atoms with Gasteiger partial charge in [-0.2, -0.15) is 10.5 Å². The number of carbonyl (C=O) groups is 1. The summed E-state index contributed by atoms with van der Waals surface area (Å²) in [5.41, 5.74) is 3.20. The fourth-order valence-corrected chi connectivity index (χ4v) is 6.62. The smallest absolute Gasteiger partial charge is 0.254 e. The Bertz CT molecular complexity index is 1620. The lowest BCUT2D eigenvalue weighted by atomic mass is 10.0. The van der Waals surface area contributed by atoms with Crippen LogP contribution in [0.1, 0.15) is 74.9 Å². The fraction of sp³-hybridized carbons (Fsp3) is 0.462. The Kier molecular flexibility index (Phi) is 13.1. The number of likely N-dealkylation sites (tertiary alicyclic amines) is 2. The standard InChI is InChI=1S/C26H33FN4O.C13H16FN3/c1-18(2)30(19(3)4)26(32)21-7-9-22(10-8-21)31(23-12-14-29(5)15-13-23)25-16-20(17-28)6-11-24(25)27;1-17-6-4-11(5-7-17)16-13-8-10(9-15)2-3-12(13)14/h6-11,16,18-19,23H,12-15H2,1-5H3;2-3,8,11,16H,4-7H2,1H3. The van der Waals surface area contributed by atoms with Crippen molar-refractivity contribution in [3.63, 3.8) is 0 Å². The molecule has 5 rings (SSSR count). The molecule has 1 N–H and O–H groups in total. The number of halogens is 2. The molecule has 0 atom stereocenters. The molecule has 0 aromatic heterocycles. The lowest BCUT2D eigenvalue weighted by Crippen LogP contribution is -2.42. The largest absolute Gasteiger partial charge is 0.380 e. The van der Waals surface area contributed by atoms with Gasteiger partial charge in [-0.15, -0.1) is 0 Å². The van der Waals surface area contributed by atoms with Crippen LogP contribution in [-0.4, -0.2) is 85.0 Å². The predicted octanol–water partition coefficient (Wildman–Crippen LogP) is 7.39. The third kappa shape index (κ3) is 9.78. The van der Waals surface area contributed by atoms with Gasteiger partial charge >= 0.3 is 0 Å². The van der Waals surface area contributed by atoms with E-state index >= 15 is 0 Å². The zero-order chi connectivity index (χ0) is 35.7. The molecule has 0 radical (unpaired) electrons. The van der Waals surface area contributed by atoms with Crippen molar-refractivity contribution in [2.45, 2.75) is 77.5 Å². The zero-order valence-corrected chi connectivity index (χ0v) is 29.6. The van der Waals surface area contributed by atoms with Gasteiger partial charge in [0, 0.05) is 35.4 Å². The van der Waals surface area contributed by atoms with Crippen LogP contribution in [0.25, 0.3) is 0 Å². The van der Waals surface area contributed by atoms with Crippen molar-refractivity contribution < 1.29 is 13.6 Å². The van der Waals surface area contributed by atoms with Crippen LogP contribution in [0.15, 0.2) is 60.7 Å². The third-order valence-corrected chi connectivity index (χ3v) is 9.30. The van der Waals surface area contributed by atoms with Crippen LogP contribution in [-0.2, 0) is 0 Å². The van der Waals surface area contributed by atoms with E-state index in [4.69, 9.17) is 5.26 Å². The SMILES string of the molecule is CC(C)N(C(=O)c1ccc(N(c2cc(C#N)ccc2F)C2CCN(C)CC2)cc1)C(C)C.CN1CCC(Nc2cc(C#N)ccc2F)CC1. The number of nitrogens with one attached hydrogen (secondary N) is 1. The monoisotopic (exact) mass is 669 g/mol. The maximum atomic E-state index is 14.9. The van der Waals surface area contributed by atoms with Gasteiger partial charge in [0.25, 0.3) is 5.91 Å². The predicted molar refractivity (Wildman–Crippen MR) is 192 cm³/mol. The van der Waals surface area contributed by atoms with E-state index in [1.165, 1.54) is 24.3 Å². The number of nitriles is 2. The summed E-state index contributed by atoms with van der Waals surface area (Å²) in [7, 11) is 4.18. The Morgan fingerprint density at radius 3 is 1.82 bits per heavy atom. The number of rotatable bonds is 8. The van der Waals surface area contributed by atoms with Crippen molar-refractivity contribution in [1.29, 1.82) is 10.5 Å². The highest BCUT2D eigenvalue weighted by molar-refractivity contribution is 5.95. The van der Waals surface area contributed by atoms with Gasteiger partial charge in [-0.3, -0.25) is 4.79 Å². The number of nitrogens with zero attached hydrogens (tertiary/aromatic N) is 6. The molecular formula is C39H49F2N7O. The topological polar surface area (TPSA) is 89.6 Å². The van der Waals surface area contributed by atoms with E-state index in [-0.39, 0.29) is 35.7 Å². The Balaban J connectivity index is 0.000000266. The third-order valence-electron chi connectivity index (χ3n) is 9.30. The number of amides is 1. The van der Waals surface area contributed by atoms with Gasteiger partial charge in [-0.25, -0.2) is 8.78 Å². The van der Waals surface area contributed by atoms with Crippen molar-refractivity contribution in [3.8, 4) is 12.1 Å². The molecule has 2 saturated heterocycles. The average Bonchev–Trinajstić information content (AvgIpc) is 3.08. The highest BCUT2D eigenvalue weighted by Gasteiger charge is 2.28. The fourth-order valence-electron chi connectivity index (χ4n) is 6.62. The second-order valence-corrected chi connectivity index (χ2v) is 13.7. The molecule has 2 aliphatic rings. The molecule has 8 nitrogen and oxygen atoms in total. The molecule has 0 unspecified atom stereocenters. The van der Waals surface area contributed by atoms with E-state index in [1.54, 1.807) is 12.1 Å². The number of carbonyl (C=O) groups excluding carboxylic acids is 1. The summed E-state index contributed by atoms with van der Waals surface area (Å²) in [5.74, 6) is -0.651. The zero-order valence-electron chi connectivity index (χ0n) is 29.6. The molecule has 49 heavy (non-hydrogen) atoms. The molecule has 0 aliphatic carbocycles. The van der Waals surface area contributed by atoms with E-state index in [9.17, 15) is 18.8 Å². The minimum absolute atomic E-state index is 0.00921. The number of benzene rings is 3. The molecule has 0 spiro atoms. The maximum absolute atomic E-state index is 14.9. The first-order valence-corrected chi connectivity index (χ1v) is 17.2. The van der Waals surface area contributed by atoms with Gasteiger partial charge < -0.3 is 24.9 Å². The average molecular weight is 670 g/mol. The molecule has 3 aromatic carbocycles. The minimum Gasteiger partial charge on any atom is -0.380 e. The Morgan fingerprint density at radius 1 is 0.776 bits per heavy atom. The van der Waals surface area contributed by atoms with Gasteiger partial charge in [-0.1, -0.05) is 0 Å². The number of hydrogen-bond donors (Lipinski definition) is 1. The molecule has 3 aromatic rings. The summed E-state index contributed by atoms with van der Waals surface area (Å²) in [6.45, 7) is 12.0. The summed E-state index contributed by atoms with van der Waals surface area (Å²) in [4.78, 5) is 21.5.